The van der Waals surface area contributed by atoms with Crippen molar-refractivity contribution in [3.63, 3.8) is 0 Å². The second-order valence-corrected chi connectivity index (χ2v) is 7.78. The topological polar surface area (TPSA) is 57.1 Å². The number of nitrogens with zero attached hydrogens (tertiary/aromatic N) is 3. The maximum atomic E-state index is 13.7. The number of amides is 1. The molecular formula is C23H19F3N4O. The molecule has 1 N–H and O–H groups in total. The summed E-state index contributed by atoms with van der Waals surface area (Å²) in [7, 11) is 0. The number of hydrogen-bond donors (Lipinski definition) is 1. The van der Waals surface area contributed by atoms with Gasteiger partial charge in [0, 0.05) is 17.0 Å². The van der Waals surface area contributed by atoms with E-state index in [4.69, 9.17) is 0 Å². The zero-order chi connectivity index (χ0) is 21.8. The molecule has 0 saturated heterocycles. The van der Waals surface area contributed by atoms with E-state index in [1.54, 1.807) is 17.2 Å². The second-order valence-electron chi connectivity index (χ2n) is 7.78. The van der Waals surface area contributed by atoms with Crippen molar-refractivity contribution in [3.05, 3.63) is 88.8 Å². The maximum absolute atomic E-state index is 13.7. The lowest BCUT2D eigenvalue weighted by atomic mass is 9.64. The van der Waals surface area contributed by atoms with Crippen molar-refractivity contribution in [2.45, 2.75) is 31.1 Å². The van der Waals surface area contributed by atoms with Crippen LogP contribution in [0.3, 0.4) is 0 Å². The largest absolute Gasteiger partial charge is 0.416 e. The van der Waals surface area contributed by atoms with Crippen molar-refractivity contribution >= 4 is 11.6 Å². The molecule has 0 saturated carbocycles. The standard InChI is InChI=1S/C23H19F3N4O/c1-2-22(14-7-6-8-15(11-14)23(24,25)26)17-12-27-29-20(17)28-18-13-30(21(31)19(18)22)16-9-4-3-5-10-16/h3-12,20,28H,2,13H2,1H3. The summed E-state index contributed by atoms with van der Waals surface area (Å²) in [6, 6.07) is 14.5. The lowest BCUT2D eigenvalue weighted by Crippen LogP contribution is -2.47. The summed E-state index contributed by atoms with van der Waals surface area (Å²) in [5.74, 6) is -0.223. The van der Waals surface area contributed by atoms with Gasteiger partial charge in [-0.2, -0.15) is 23.4 Å². The molecule has 1 amide bonds. The third kappa shape index (κ3) is 2.81. The van der Waals surface area contributed by atoms with Crippen LogP contribution >= 0.6 is 0 Å². The molecule has 0 radical (unpaired) electrons. The molecule has 0 fully saturated rings. The first-order valence-electron chi connectivity index (χ1n) is 10.0. The Morgan fingerprint density at radius 3 is 2.65 bits per heavy atom. The first-order chi connectivity index (χ1) is 14.9. The van der Waals surface area contributed by atoms with Crippen molar-refractivity contribution in [2.75, 3.05) is 11.4 Å². The van der Waals surface area contributed by atoms with Crippen molar-refractivity contribution in [3.8, 4) is 0 Å². The number of alkyl halides is 3. The Morgan fingerprint density at radius 1 is 1.16 bits per heavy atom. The summed E-state index contributed by atoms with van der Waals surface area (Å²) >= 11 is 0. The quantitative estimate of drug-likeness (QED) is 0.759. The van der Waals surface area contributed by atoms with Crippen LogP contribution in [0.25, 0.3) is 0 Å². The normalized spacial score (nSPS) is 24.8. The maximum Gasteiger partial charge on any atom is 0.416 e. The summed E-state index contributed by atoms with van der Waals surface area (Å²) in [6.07, 6.45) is -3.01. The van der Waals surface area contributed by atoms with Crippen LogP contribution < -0.4 is 10.2 Å². The highest BCUT2D eigenvalue weighted by atomic mass is 19.4. The van der Waals surface area contributed by atoms with Gasteiger partial charge in [-0.15, -0.1) is 0 Å². The van der Waals surface area contributed by atoms with Gasteiger partial charge >= 0.3 is 6.18 Å². The molecule has 0 aliphatic carbocycles. The average molecular weight is 424 g/mol. The second kappa shape index (κ2) is 6.80. The highest BCUT2D eigenvalue weighted by Crippen LogP contribution is 2.52. The van der Waals surface area contributed by atoms with Gasteiger partial charge in [0.2, 0.25) is 0 Å². The highest BCUT2D eigenvalue weighted by Gasteiger charge is 2.54. The summed E-state index contributed by atoms with van der Waals surface area (Å²) in [5.41, 5.74) is 1.20. The van der Waals surface area contributed by atoms with Gasteiger partial charge in [0.1, 0.15) is 0 Å². The van der Waals surface area contributed by atoms with Crippen LogP contribution in [-0.2, 0) is 16.4 Å². The molecule has 0 aromatic heterocycles. The van der Waals surface area contributed by atoms with Gasteiger partial charge in [0.05, 0.1) is 29.3 Å². The fourth-order valence-electron chi connectivity index (χ4n) is 4.86. The molecule has 2 atom stereocenters. The van der Waals surface area contributed by atoms with Crippen LogP contribution in [-0.4, -0.2) is 18.6 Å². The van der Waals surface area contributed by atoms with E-state index in [-0.39, 0.29) is 5.91 Å². The van der Waals surface area contributed by atoms with E-state index in [1.165, 1.54) is 6.07 Å². The fraction of sp³-hybridized carbons (Fsp3) is 0.261. The van der Waals surface area contributed by atoms with Crippen LogP contribution in [0.2, 0.25) is 0 Å². The Balaban J connectivity index is 1.70. The van der Waals surface area contributed by atoms with E-state index < -0.39 is 23.3 Å². The molecule has 3 aliphatic heterocycles. The molecule has 5 rings (SSSR count). The number of halogens is 3. The molecule has 0 bridgehead atoms. The molecule has 2 aromatic rings. The Morgan fingerprint density at radius 2 is 1.94 bits per heavy atom. The number of nitrogens with one attached hydrogen (secondary N) is 1. The van der Waals surface area contributed by atoms with E-state index in [0.29, 0.717) is 35.4 Å². The minimum atomic E-state index is -4.48. The predicted octanol–water partition coefficient (Wildman–Crippen LogP) is 4.93. The van der Waals surface area contributed by atoms with Crippen LogP contribution in [0.4, 0.5) is 18.9 Å². The number of carbonyl (C=O) groups is 1. The van der Waals surface area contributed by atoms with Gasteiger partial charge in [0.15, 0.2) is 6.17 Å². The molecule has 0 spiro atoms. The van der Waals surface area contributed by atoms with Crippen molar-refractivity contribution in [2.24, 2.45) is 10.2 Å². The van der Waals surface area contributed by atoms with Crippen LogP contribution in [0.5, 0.6) is 0 Å². The molecule has 2 aromatic carbocycles. The molecule has 31 heavy (non-hydrogen) atoms. The van der Waals surface area contributed by atoms with Gasteiger partial charge in [-0.05, 0) is 30.2 Å². The first kappa shape index (κ1) is 19.5. The average Bonchev–Trinajstić information content (AvgIpc) is 3.37. The number of carbonyl (C=O) groups excluding carboxylic acids is 1. The number of para-hydroxylation sites is 1. The Hall–Kier alpha value is -3.42. The van der Waals surface area contributed by atoms with Gasteiger partial charge in [-0.1, -0.05) is 43.3 Å². The zero-order valence-corrected chi connectivity index (χ0v) is 16.6. The Kier molecular flexibility index (Phi) is 4.28. The molecule has 2 unspecified atom stereocenters. The Labute approximate surface area is 177 Å². The fourth-order valence-corrected chi connectivity index (χ4v) is 4.86. The minimum Gasteiger partial charge on any atom is -0.360 e. The third-order valence-electron chi connectivity index (χ3n) is 6.26. The summed E-state index contributed by atoms with van der Waals surface area (Å²) < 4.78 is 40.5. The van der Waals surface area contributed by atoms with E-state index in [0.717, 1.165) is 17.8 Å². The number of hydrogen-bond acceptors (Lipinski definition) is 4. The van der Waals surface area contributed by atoms with E-state index >= 15 is 0 Å². The lowest BCUT2D eigenvalue weighted by molar-refractivity contribution is -0.137. The van der Waals surface area contributed by atoms with E-state index in [9.17, 15) is 18.0 Å². The van der Waals surface area contributed by atoms with Gasteiger partial charge in [-0.3, -0.25) is 4.79 Å². The summed E-state index contributed by atoms with van der Waals surface area (Å²) in [5, 5.41) is 11.5. The van der Waals surface area contributed by atoms with Gasteiger partial charge < -0.3 is 10.2 Å². The van der Waals surface area contributed by atoms with Crippen LogP contribution in [0.15, 0.2) is 87.9 Å². The van der Waals surface area contributed by atoms with Crippen molar-refractivity contribution < 1.29 is 18.0 Å². The zero-order valence-electron chi connectivity index (χ0n) is 16.6. The highest BCUT2D eigenvalue weighted by molar-refractivity contribution is 6.12. The van der Waals surface area contributed by atoms with Crippen molar-refractivity contribution in [1.82, 2.24) is 5.32 Å². The molecule has 8 heteroatoms. The minimum absolute atomic E-state index is 0.223. The molecule has 3 aliphatic rings. The monoisotopic (exact) mass is 424 g/mol. The van der Waals surface area contributed by atoms with Crippen LogP contribution in [0, 0.1) is 0 Å². The lowest BCUT2D eigenvalue weighted by Gasteiger charge is -2.41. The first-order valence-corrected chi connectivity index (χ1v) is 10.0. The number of fused-ring (bicyclic) bond motifs is 1. The van der Waals surface area contributed by atoms with Gasteiger partial charge in [0.25, 0.3) is 5.91 Å². The van der Waals surface area contributed by atoms with E-state index in [2.05, 4.69) is 15.5 Å². The number of benzene rings is 2. The smallest absolute Gasteiger partial charge is 0.360 e. The predicted molar refractivity (Wildman–Crippen MR) is 109 cm³/mol. The number of rotatable bonds is 3. The van der Waals surface area contributed by atoms with Gasteiger partial charge in [-0.25, -0.2) is 0 Å². The Bertz CT molecular complexity index is 1150. The molecule has 5 nitrogen and oxygen atoms in total. The molecular weight excluding hydrogens is 405 g/mol. The summed E-state index contributed by atoms with van der Waals surface area (Å²) in [6.45, 7) is 2.18. The van der Waals surface area contributed by atoms with Crippen molar-refractivity contribution in [1.29, 1.82) is 0 Å². The van der Waals surface area contributed by atoms with Crippen LogP contribution in [0.1, 0.15) is 24.5 Å². The number of azo groups is 1. The van der Waals surface area contributed by atoms with E-state index in [1.807, 2.05) is 37.3 Å². The summed E-state index contributed by atoms with van der Waals surface area (Å²) in [4.78, 5) is 15.3. The molecule has 158 valence electrons. The SMILES string of the molecule is CCC1(c2cccc(C(F)(F)F)c2)C2=CN=NC2NC2=C1C(=O)N(c1ccccc1)C2. The molecule has 3 heterocycles. The number of anilines is 1. The third-order valence-corrected chi connectivity index (χ3v) is 6.26.